The number of nitrogens with two attached hydrogens (primary N) is 1. The Hall–Kier alpha value is -0.620. The minimum atomic E-state index is 0.333. The molecule has 0 saturated carbocycles. The van der Waals surface area contributed by atoms with E-state index in [9.17, 15) is 0 Å². The third-order valence-electron chi connectivity index (χ3n) is 2.46. The highest BCUT2D eigenvalue weighted by atomic mass is 79.9. The molecule has 0 aliphatic carbocycles. The molecule has 0 heterocycles. The van der Waals surface area contributed by atoms with E-state index in [4.69, 9.17) is 29.6 Å². The molecular formula is C13H9Br2ClN2S. The molecule has 0 aliphatic heterocycles. The van der Waals surface area contributed by atoms with Crippen molar-refractivity contribution in [3.05, 3.63) is 55.9 Å². The quantitative estimate of drug-likeness (QED) is 0.667. The van der Waals surface area contributed by atoms with E-state index < -0.39 is 0 Å². The van der Waals surface area contributed by atoms with Crippen LogP contribution >= 0.6 is 55.7 Å². The summed E-state index contributed by atoms with van der Waals surface area (Å²) in [5.41, 5.74) is 8.26. The van der Waals surface area contributed by atoms with Crippen LogP contribution in [-0.2, 0) is 0 Å². The Kier molecular flexibility index (Phi) is 4.84. The van der Waals surface area contributed by atoms with Gasteiger partial charge in [0.15, 0.2) is 0 Å². The first-order valence-electron chi connectivity index (χ1n) is 5.29. The summed E-state index contributed by atoms with van der Waals surface area (Å²) in [7, 11) is 0. The molecule has 0 amide bonds. The number of thiocarbonyl (C=S) groups is 1. The van der Waals surface area contributed by atoms with Gasteiger partial charge in [-0.05, 0) is 62.2 Å². The van der Waals surface area contributed by atoms with Gasteiger partial charge in [0.05, 0.1) is 5.69 Å². The van der Waals surface area contributed by atoms with Crippen LogP contribution in [0.5, 0.6) is 0 Å². The van der Waals surface area contributed by atoms with Crippen LogP contribution < -0.4 is 11.1 Å². The first-order valence-corrected chi connectivity index (χ1v) is 7.66. The van der Waals surface area contributed by atoms with Crippen LogP contribution in [0.4, 0.5) is 11.4 Å². The molecule has 2 rings (SSSR count). The summed E-state index contributed by atoms with van der Waals surface area (Å²) >= 11 is 17.9. The molecule has 0 atom stereocenters. The van der Waals surface area contributed by atoms with Gasteiger partial charge in [0, 0.05) is 25.2 Å². The fourth-order valence-electron chi connectivity index (χ4n) is 1.61. The minimum absolute atomic E-state index is 0.333. The highest BCUT2D eigenvalue weighted by Gasteiger charge is 2.10. The molecule has 0 aliphatic rings. The Balaban J connectivity index is 2.44. The molecule has 2 nitrogen and oxygen atoms in total. The van der Waals surface area contributed by atoms with Crippen molar-refractivity contribution in [2.45, 2.75) is 0 Å². The molecule has 2 aromatic rings. The molecule has 2 aromatic carbocycles. The summed E-state index contributed by atoms with van der Waals surface area (Å²) in [5, 5.41) is 3.95. The van der Waals surface area contributed by atoms with E-state index in [0.29, 0.717) is 10.0 Å². The van der Waals surface area contributed by atoms with Gasteiger partial charge in [-0.3, -0.25) is 0 Å². The van der Waals surface area contributed by atoms with E-state index in [1.807, 2.05) is 36.4 Å². The van der Waals surface area contributed by atoms with Crippen molar-refractivity contribution in [2.75, 3.05) is 5.32 Å². The van der Waals surface area contributed by atoms with Crippen LogP contribution in [-0.4, -0.2) is 4.99 Å². The Bertz CT molecular complexity index is 647. The van der Waals surface area contributed by atoms with E-state index in [1.165, 1.54) is 0 Å². The number of hydrogen-bond donors (Lipinski definition) is 2. The van der Waals surface area contributed by atoms with Crippen molar-refractivity contribution in [3.8, 4) is 0 Å². The van der Waals surface area contributed by atoms with Gasteiger partial charge in [0.1, 0.15) is 4.99 Å². The molecule has 3 N–H and O–H groups in total. The topological polar surface area (TPSA) is 38.0 Å². The van der Waals surface area contributed by atoms with Crippen molar-refractivity contribution >= 4 is 72.0 Å². The number of rotatable bonds is 3. The van der Waals surface area contributed by atoms with E-state index in [1.54, 1.807) is 0 Å². The van der Waals surface area contributed by atoms with Gasteiger partial charge in [0.2, 0.25) is 0 Å². The van der Waals surface area contributed by atoms with Crippen LogP contribution in [0.15, 0.2) is 45.3 Å². The smallest absolute Gasteiger partial charge is 0.107 e. The lowest BCUT2D eigenvalue weighted by Gasteiger charge is -2.14. The molecule has 0 radical (unpaired) electrons. The molecule has 6 heteroatoms. The largest absolute Gasteiger partial charge is 0.389 e. The van der Waals surface area contributed by atoms with Gasteiger partial charge in [0.25, 0.3) is 0 Å². The van der Waals surface area contributed by atoms with Gasteiger partial charge in [-0.15, -0.1) is 0 Å². The van der Waals surface area contributed by atoms with Crippen molar-refractivity contribution in [3.63, 3.8) is 0 Å². The van der Waals surface area contributed by atoms with Crippen molar-refractivity contribution in [2.24, 2.45) is 5.73 Å². The molecule has 0 bridgehead atoms. The molecule has 19 heavy (non-hydrogen) atoms. The van der Waals surface area contributed by atoms with Gasteiger partial charge in [-0.1, -0.05) is 29.9 Å². The normalized spacial score (nSPS) is 10.3. The fourth-order valence-corrected chi connectivity index (χ4v) is 3.33. The summed E-state index contributed by atoms with van der Waals surface area (Å²) in [6, 6.07) is 11.3. The van der Waals surface area contributed by atoms with Crippen LogP contribution in [0.2, 0.25) is 5.02 Å². The summed E-state index contributed by atoms with van der Waals surface area (Å²) in [4.78, 5) is 0.333. The Labute approximate surface area is 138 Å². The lowest BCUT2D eigenvalue weighted by atomic mass is 10.1. The Morgan fingerprint density at radius 1 is 1.11 bits per heavy atom. The minimum Gasteiger partial charge on any atom is -0.389 e. The maximum Gasteiger partial charge on any atom is 0.107 e. The molecular weight excluding hydrogens is 411 g/mol. The van der Waals surface area contributed by atoms with Gasteiger partial charge in [-0.2, -0.15) is 0 Å². The number of anilines is 2. The lowest BCUT2D eigenvalue weighted by molar-refractivity contribution is 1.48. The molecule has 0 saturated heterocycles. The molecule has 0 unspecified atom stereocenters. The summed E-state index contributed by atoms with van der Waals surface area (Å²) in [6.07, 6.45) is 0. The van der Waals surface area contributed by atoms with E-state index in [2.05, 4.69) is 37.2 Å². The molecule has 0 fully saturated rings. The summed E-state index contributed by atoms with van der Waals surface area (Å²) < 4.78 is 1.73. The summed E-state index contributed by atoms with van der Waals surface area (Å²) in [5.74, 6) is 0. The number of hydrogen-bond acceptors (Lipinski definition) is 2. The second-order valence-electron chi connectivity index (χ2n) is 3.78. The maximum absolute atomic E-state index is 5.92. The predicted molar refractivity (Wildman–Crippen MR) is 92.5 cm³/mol. The van der Waals surface area contributed by atoms with Crippen LogP contribution in [0.1, 0.15) is 5.56 Å². The standard InChI is InChI=1S/C13H9Br2ClN2S/c14-8-2-1-3-11(12(8)13(17)19)18-10-5-4-7(16)6-9(10)15/h1-6,18H,(H2,17,19). The average Bonchev–Trinajstić information content (AvgIpc) is 2.32. The average molecular weight is 421 g/mol. The van der Waals surface area contributed by atoms with Crippen molar-refractivity contribution < 1.29 is 0 Å². The van der Waals surface area contributed by atoms with E-state index >= 15 is 0 Å². The first-order chi connectivity index (χ1) is 8.99. The lowest BCUT2D eigenvalue weighted by Crippen LogP contribution is -2.12. The van der Waals surface area contributed by atoms with Gasteiger partial charge >= 0.3 is 0 Å². The highest BCUT2D eigenvalue weighted by molar-refractivity contribution is 9.11. The van der Waals surface area contributed by atoms with E-state index in [0.717, 1.165) is 25.9 Å². The number of halogens is 3. The summed E-state index contributed by atoms with van der Waals surface area (Å²) in [6.45, 7) is 0. The number of nitrogens with one attached hydrogen (secondary N) is 1. The fraction of sp³-hybridized carbons (Fsp3) is 0. The number of benzene rings is 2. The van der Waals surface area contributed by atoms with Gasteiger partial charge < -0.3 is 11.1 Å². The maximum atomic E-state index is 5.92. The SMILES string of the molecule is NC(=S)c1c(Br)cccc1Nc1ccc(Cl)cc1Br. The molecule has 0 aromatic heterocycles. The predicted octanol–water partition coefficient (Wildman–Crippen LogP) is 5.24. The zero-order chi connectivity index (χ0) is 14.0. The van der Waals surface area contributed by atoms with Crippen molar-refractivity contribution in [1.29, 1.82) is 0 Å². The monoisotopic (exact) mass is 418 g/mol. The second-order valence-corrected chi connectivity index (χ2v) is 6.36. The Morgan fingerprint density at radius 2 is 1.84 bits per heavy atom. The Morgan fingerprint density at radius 3 is 2.47 bits per heavy atom. The highest BCUT2D eigenvalue weighted by Crippen LogP contribution is 2.32. The van der Waals surface area contributed by atoms with Crippen LogP contribution in [0, 0.1) is 0 Å². The zero-order valence-corrected chi connectivity index (χ0v) is 14.3. The first kappa shape index (κ1) is 14.8. The van der Waals surface area contributed by atoms with Gasteiger partial charge in [-0.25, -0.2) is 0 Å². The molecule has 0 spiro atoms. The third kappa shape index (κ3) is 3.48. The second kappa shape index (κ2) is 6.22. The van der Waals surface area contributed by atoms with Crippen molar-refractivity contribution in [1.82, 2.24) is 0 Å². The van der Waals surface area contributed by atoms with Crippen LogP contribution in [0.25, 0.3) is 0 Å². The van der Waals surface area contributed by atoms with Crippen LogP contribution in [0.3, 0.4) is 0 Å². The zero-order valence-electron chi connectivity index (χ0n) is 9.58. The third-order valence-corrected chi connectivity index (χ3v) is 4.22. The molecule has 98 valence electrons. The van der Waals surface area contributed by atoms with E-state index in [-0.39, 0.29) is 0 Å².